The Hall–Kier alpha value is -1.66. The fourth-order valence-electron chi connectivity index (χ4n) is 1.56. The van der Waals surface area contributed by atoms with E-state index in [9.17, 15) is 13.2 Å². The Bertz CT molecular complexity index is 642. The molecule has 0 aliphatic rings. The van der Waals surface area contributed by atoms with Crippen molar-refractivity contribution in [1.82, 2.24) is 4.57 Å². The van der Waals surface area contributed by atoms with E-state index in [4.69, 9.17) is 0 Å². The van der Waals surface area contributed by atoms with Crippen molar-refractivity contribution < 1.29 is 17.4 Å². The predicted octanol–water partition coefficient (Wildman–Crippen LogP) is 1.01. The van der Waals surface area contributed by atoms with Gasteiger partial charge in [0.15, 0.2) is 0 Å². The summed E-state index contributed by atoms with van der Waals surface area (Å²) in [7, 11) is -2.65. The van der Waals surface area contributed by atoms with E-state index in [1.807, 2.05) is 0 Å². The van der Waals surface area contributed by atoms with Gasteiger partial charge >= 0.3 is 0 Å². The minimum Gasteiger partial charge on any atom is -0.290 e. The van der Waals surface area contributed by atoms with Gasteiger partial charge in [-0.15, -0.1) is 0 Å². The third kappa shape index (κ3) is 1.52. The first-order valence-corrected chi connectivity index (χ1v) is 5.86. The van der Waals surface area contributed by atoms with Gasteiger partial charge in [0.05, 0.1) is 12.6 Å². The number of aromatic nitrogens is 1. The van der Waals surface area contributed by atoms with E-state index >= 15 is 0 Å². The van der Waals surface area contributed by atoms with Gasteiger partial charge in [0.25, 0.3) is 10.1 Å². The van der Waals surface area contributed by atoms with Crippen molar-refractivity contribution in [2.75, 3.05) is 7.11 Å². The fraction of sp³-hybridized carbons (Fsp3) is 0.100. The molecule has 0 fully saturated rings. The molecule has 84 valence electrons. The molecule has 0 aliphatic heterocycles. The van der Waals surface area contributed by atoms with Crippen LogP contribution < -0.4 is 0 Å². The summed E-state index contributed by atoms with van der Waals surface area (Å²) in [5.74, 6) is 0. The maximum atomic E-state index is 11.6. The lowest BCUT2D eigenvalue weighted by Crippen LogP contribution is -2.03. The molecule has 0 bridgehead atoms. The highest BCUT2D eigenvalue weighted by Crippen LogP contribution is 2.24. The Labute approximate surface area is 92.4 Å². The second kappa shape index (κ2) is 3.73. The smallest absolute Gasteiger partial charge is 0.290 e. The molecule has 1 aromatic heterocycles. The maximum absolute atomic E-state index is 11.6. The van der Waals surface area contributed by atoms with E-state index in [0.29, 0.717) is 17.3 Å². The number of nitrogens with zero attached hydrogens (tertiary/aromatic N) is 1. The van der Waals surface area contributed by atoms with Gasteiger partial charge in [0.2, 0.25) is 6.41 Å². The van der Waals surface area contributed by atoms with E-state index in [2.05, 4.69) is 4.18 Å². The fourth-order valence-corrected chi connectivity index (χ4v) is 2.43. The molecule has 6 heteroatoms. The largest absolute Gasteiger partial charge is 0.297 e. The summed E-state index contributed by atoms with van der Waals surface area (Å²) < 4.78 is 28.9. The van der Waals surface area contributed by atoms with Crippen LogP contribution in [0.4, 0.5) is 0 Å². The van der Waals surface area contributed by atoms with Gasteiger partial charge in [-0.3, -0.25) is 13.5 Å². The normalized spacial score (nSPS) is 11.8. The molecule has 2 aromatic rings. The lowest BCUT2D eigenvalue weighted by molar-refractivity contribution is 0.398. The first-order chi connectivity index (χ1) is 7.60. The number of hydrogen-bond acceptors (Lipinski definition) is 4. The summed E-state index contributed by atoms with van der Waals surface area (Å²) in [6.45, 7) is 0. The molecule has 5 nitrogen and oxygen atoms in total. The molecule has 1 aromatic carbocycles. The lowest BCUT2D eigenvalue weighted by atomic mass is 10.2. The van der Waals surface area contributed by atoms with Gasteiger partial charge in [-0.2, -0.15) is 8.42 Å². The van der Waals surface area contributed by atoms with Crippen molar-refractivity contribution in [3.63, 3.8) is 0 Å². The molecule has 2 rings (SSSR count). The Kier molecular flexibility index (Phi) is 2.53. The zero-order valence-electron chi connectivity index (χ0n) is 8.45. The molecule has 0 amide bonds. The van der Waals surface area contributed by atoms with Crippen molar-refractivity contribution in [2.24, 2.45) is 0 Å². The van der Waals surface area contributed by atoms with E-state index in [-0.39, 0.29) is 4.90 Å². The Morgan fingerprint density at radius 2 is 2.06 bits per heavy atom. The number of hydrogen-bond donors (Lipinski definition) is 0. The van der Waals surface area contributed by atoms with Crippen LogP contribution in [0.2, 0.25) is 0 Å². The van der Waals surface area contributed by atoms with Crippen molar-refractivity contribution >= 4 is 27.4 Å². The Morgan fingerprint density at radius 3 is 2.69 bits per heavy atom. The third-order valence-corrected chi connectivity index (χ3v) is 3.66. The molecule has 0 N–H and O–H groups in total. The highest BCUT2D eigenvalue weighted by atomic mass is 32.2. The average Bonchev–Trinajstić information content (AvgIpc) is 2.71. The quantitative estimate of drug-likeness (QED) is 0.592. The standard InChI is InChI=1S/C10H9NO4S/c1-15-16(13,14)10-4-2-3-9-8(10)5-6-11(9)7-12/h2-7H,1H3. The van der Waals surface area contributed by atoms with Crippen LogP contribution in [-0.4, -0.2) is 26.5 Å². The van der Waals surface area contributed by atoms with Gasteiger partial charge in [-0.1, -0.05) is 6.07 Å². The molecule has 0 saturated heterocycles. The zero-order chi connectivity index (χ0) is 11.8. The lowest BCUT2D eigenvalue weighted by Gasteiger charge is -2.03. The molecule has 16 heavy (non-hydrogen) atoms. The van der Waals surface area contributed by atoms with Crippen LogP contribution in [0.3, 0.4) is 0 Å². The second-order valence-corrected chi connectivity index (χ2v) is 4.82. The minimum atomic E-state index is -3.75. The molecule has 0 radical (unpaired) electrons. The third-order valence-electron chi connectivity index (χ3n) is 2.33. The summed E-state index contributed by atoms with van der Waals surface area (Å²) >= 11 is 0. The van der Waals surface area contributed by atoms with Crippen molar-refractivity contribution in [3.8, 4) is 0 Å². The van der Waals surface area contributed by atoms with Crippen molar-refractivity contribution in [2.45, 2.75) is 4.90 Å². The average molecular weight is 239 g/mol. The first kappa shape index (κ1) is 10.8. The van der Waals surface area contributed by atoms with Crippen LogP contribution in [-0.2, 0) is 19.1 Å². The van der Waals surface area contributed by atoms with Crippen LogP contribution in [0.25, 0.3) is 10.9 Å². The van der Waals surface area contributed by atoms with Crippen molar-refractivity contribution in [3.05, 3.63) is 30.5 Å². The van der Waals surface area contributed by atoms with Gasteiger partial charge < -0.3 is 0 Å². The summed E-state index contributed by atoms with van der Waals surface area (Å²) in [6, 6.07) is 6.23. The molecule has 0 atom stereocenters. The summed E-state index contributed by atoms with van der Waals surface area (Å²) in [4.78, 5) is 10.8. The topological polar surface area (TPSA) is 65.4 Å². The highest BCUT2D eigenvalue weighted by molar-refractivity contribution is 7.87. The van der Waals surface area contributed by atoms with E-state index in [1.165, 1.54) is 16.8 Å². The second-order valence-electron chi connectivity index (χ2n) is 3.14. The molecule has 0 saturated carbocycles. The Morgan fingerprint density at radius 1 is 1.31 bits per heavy atom. The van der Waals surface area contributed by atoms with Crippen LogP contribution in [0.5, 0.6) is 0 Å². The summed E-state index contributed by atoms with van der Waals surface area (Å²) in [6.07, 6.45) is 2.12. The number of carbonyl (C=O) groups is 1. The van der Waals surface area contributed by atoms with Gasteiger partial charge in [0.1, 0.15) is 4.90 Å². The molecular weight excluding hydrogens is 230 g/mol. The minimum absolute atomic E-state index is 0.0631. The SMILES string of the molecule is COS(=O)(=O)c1cccc2c1ccn2C=O. The molecular formula is C10H9NO4S. The van der Waals surface area contributed by atoms with Crippen molar-refractivity contribution in [1.29, 1.82) is 0 Å². The number of benzene rings is 1. The van der Waals surface area contributed by atoms with Crippen LogP contribution >= 0.6 is 0 Å². The van der Waals surface area contributed by atoms with Gasteiger partial charge in [-0.05, 0) is 18.2 Å². The maximum Gasteiger partial charge on any atom is 0.297 e. The first-order valence-electron chi connectivity index (χ1n) is 4.45. The number of carbonyl (C=O) groups excluding carboxylic acids is 1. The van der Waals surface area contributed by atoms with E-state index in [0.717, 1.165) is 7.11 Å². The zero-order valence-corrected chi connectivity index (χ0v) is 9.27. The summed E-state index contributed by atoms with van der Waals surface area (Å²) in [5.41, 5.74) is 0.535. The number of fused-ring (bicyclic) bond motifs is 1. The molecule has 0 aliphatic carbocycles. The van der Waals surface area contributed by atoms with E-state index < -0.39 is 10.1 Å². The Balaban J connectivity index is 2.83. The number of rotatable bonds is 3. The molecule has 1 heterocycles. The van der Waals surface area contributed by atoms with Crippen LogP contribution in [0, 0.1) is 0 Å². The summed E-state index contributed by atoms with van der Waals surface area (Å²) in [5, 5.41) is 0.469. The monoisotopic (exact) mass is 239 g/mol. The van der Waals surface area contributed by atoms with Crippen LogP contribution in [0.1, 0.15) is 0 Å². The van der Waals surface area contributed by atoms with Crippen LogP contribution in [0.15, 0.2) is 35.4 Å². The van der Waals surface area contributed by atoms with Gasteiger partial charge in [-0.25, -0.2) is 0 Å². The molecule has 0 unspecified atom stereocenters. The highest BCUT2D eigenvalue weighted by Gasteiger charge is 2.17. The van der Waals surface area contributed by atoms with Gasteiger partial charge in [0, 0.05) is 11.6 Å². The predicted molar refractivity (Wildman–Crippen MR) is 58.3 cm³/mol. The van der Waals surface area contributed by atoms with E-state index in [1.54, 1.807) is 18.2 Å². The molecule has 0 spiro atoms.